The molecule has 1 aliphatic rings. The van der Waals surface area contributed by atoms with Crippen LogP contribution in [0.4, 0.5) is 17.8 Å². The fourth-order valence-electron chi connectivity index (χ4n) is 4.55. The second-order valence-corrected chi connectivity index (χ2v) is 9.44. The fraction of sp³-hybridized carbons (Fsp3) is 0.864. The average molecular weight is 406 g/mol. The first kappa shape index (κ1) is 23.6. The van der Waals surface area contributed by atoms with E-state index in [1.54, 1.807) is 0 Å². The summed E-state index contributed by atoms with van der Waals surface area (Å²) in [6, 6.07) is 0.382. The molecule has 7 nitrogen and oxygen atoms in total. The molecule has 1 aromatic rings. The van der Waals surface area contributed by atoms with Gasteiger partial charge >= 0.3 is 0 Å². The zero-order valence-electron chi connectivity index (χ0n) is 20.5. The van der Waals surface area contributed by atoms with Crippen molar-refractivity contribution in [1.29, 1.82) is 0 Å². The van der Waals surface area contributed by atoms with Gasteiger partial charge in [-0.05, 0) is 75.3 Å². The molecule has 0 radical (unpaired) electrons. The predicted octanol–water partition coefficient (Wildman–Crippen LogP) is 3.65. The summed E-state index contributed by atoms with van der Waals surface area (Å²) in [5.41, 5.74) is 0.244. The van der Waals surface area contributed by atoms with Gasteiger partial charge in [-0.3, -0.25) is 4.90 Å². The molecule has 0 bridgehead atoms. The van der Waals surface area contributed by atoms with Crippen molar-refractivity contribution in [2.24, 2.45) is 0 Å². The fourth-order valence-corrected chi connectivity index (χ4v) is 4.55. The molecular formula is C22H43N7. The first-order valence-electron chi connectivity index (χ1n) is 11.2. The Morgan fingerprint density at radius 3 is 1.45 bits per heavy atom. The molecule has 0 aliphatic carbocycles. The van der Waals surface area contributed by atoms with E-state index in [0.717, 1.165) is 56.9 Å². The number of likely N-dealkylation sites (tertiary alicyclic amines) is 1. The van der Waals surface area contributed by atoms with Crippen LogP contribution in [-0.2, 0) is 0 Å². The summed E-state index contributed by atoms with van der Waals surface area (Å²) in [7, 11) is 4.39. The van der Waals surface area contributed by atoms with E-state index in [1.807, 2.05) is 0 Å². The second-order valence-electron chi connectivity index (χ2n) is 9.44. The van der Waals surface area contributed by atoms with Crippen molar-refractivity contribution < 1.29 is 0 Å². The van der Waals surface area contributed by atoms with E-state index in [1.165, 1.54) is 0 Å². The maximum absolute atomic E-state index is 4.91. The average Bonchev–Trinajstić information content (AvgIpc) is 2.67. The van der Waals surface area contributed by atoms with Gasteiger partial charge in [-0.15, -0.1) is 0 Å². The zero-order valence-corrected chi connectivity index (χ0v) is 20.5. The molecule has 7 heteroatoms. The van der Waals surface area contributed by atoms with Gasteiger partial charge in [0, 0.05) is 50.3 Å². The molecule has 2 rings (SSSR count). The van der Waals surface area contributed by atoms with Crippen LogP contribution in [0.25, 0.3) is 0 Å². The number of nitrogens with zero attached hydrogens (tertiary/aromatic N) is 7. The van der Waals surface area contributed by atoms with Crippen LogP contribution in [0.2, 0.25) is 0 Å². The zero-order chi connectivity index (χ0) is 22.0. The summed E-state index contributed by atoms with van der Waals surface area (Å²) >= 11 is 0. The number of hydrogen-bond acceptors (Lipinski definition) is 7. The Labute approximate surface area is 178 Å². The molecule has 0 atom stereocenters. The van der Waals surface area contributed by atoms with Gasteiger partial charge in [0.15, 0.2) is 0 Å². The summed E-state index contributed by atoms with van der Waals surface area (Å²) < 4.78 is 0. The van der Waals surface area contributed by atoms with Crippen LogP contribution in [0, 0.1) is 0 Å². The highest BCUT2D eigenvalue weighted by Crippen LogP contribution is 2.39. The van der Waals surface area contributed by atoms with Crippen LogP contribution in [0.3, 0.4) is 0 Å². The summed E-state index contributed by atoms with van der Waals surface area (Å²) in [5.74, 6) is 2.34. The van der Waals surface area contributed by atoms with E-state index in [0.29, 0.717) is 6.04 Å². The van der Waals surface area contributed by atoms with Crippen LogP contribution < -0.4 is 14.7 Å². The van der Waals surface area contributed by atoms with Crippen molar-refractivity contribution in [3.63, 3.8) is 0 Å². The van der Waals surface area contributed by atoms with Gasteiger partial charge in [-0.1, -0.05) is 0 Å². The number of aromatic nitrogens is 3. The lowest BCUT2D eigenvalue weighted by Crippen LogP contribution is -2.62. The van der Waals surface area contributed by atoms with Crippen molar-refractivity contribution >= 4 is 17.8 Å². The Hall–Kier alpha value is -1.63. The summed E-state index contributed by atoms with van der Waals surface area (Å²) in [6.07, 6.45) is 2.16. The van der Waals surface area contributed by atoms with Crippen LogP contribution in [0.1, 0.15) is 68.2 Å². The SMILES string of the molecule is CCN(CC)c1nc(N(CC)CC)nc(N(C)C2CC(C)(C)N(C)C(C)(C)C2)n1. The van der Waals surface area contributed by atoms with Crippen LogP contribution in [0.5, 0.6) is 0 Å². The molecule has 1 aliphatic heterocycles. The van der Waals surface area contributed by atoms with E-state index in [4.69, 9.17) is 15.0 Å². The molecule has 2 heterocycles. The highest BCUT2D eigenvalue weighted by atomic mass is 15.4. The number of anilines is 3. The first-order valence-corrected chi connectivity index (χ1v) is 11.2. The topological polar surface area (TPSA) is 51.6 Å². The van der Waals surface area contributed by atoms with Crippen LogP contribution >= 0.6 is 0 Å². The lowest BCUT2D eigenvalue weighted by atomic mass is 9.77. The van der Waals surface area contributed by atoms with Gasteiger partial charge in [-0.25, -0.2) is 0 Å². The molecule has 0 amide bonds. The molecule has 1 fully saturated rings. The van der Waals surface area contributed by atoms with Gasteiger partial charge in [0.2, 0.25) is 17.8 Å². The van der Waals surface area contributed by atoms with Gasteiger partial charge in [0.25, 0.3) is 0 Å². The Balaban J connectivity index is 2.46. The normalized spacial score (nSPS) is 19.2. The molecule has 29 heavy (non-hydrogen) atoms. The third-order valence-electron chi connectivity index (χ3n) is 6.84. The van der Waals surface area contributed by atoms with Crippen molar-refractivity contribution in [2.75, 3.05) is 55.0 Å². The van der Waals surface area contributed by atoms with E-state index >= 15 is 0 Å². The van der Waals surface area contributed by atoms with E-state index in [9.17, 15) is 0 Å². The van der Waals surface area contributed by atoms with E-state index in [-0.39, 0.29) is 11.1 Å². The minimum atomic E-state index is 0.122. The Morgan fingerprint density at radius 2 is 1.10 bits per heavy atom. The number of piperidine rings is 1. The standard InChI is InChI=1S/C22H43N7/c1-11-28(12-2)19-23-18(24-20(25-19)29(13-3)14-4)26(9)17-15-21(5,6)27(10)22(7,8)16-17/h17H,11-16H2,1-10H3. The number of rotatable bonds is 8. The quantitative estimate of drug-likeness (QED) is 0.654. The number of hydrogen-bond donors (Lipinski definition) is 0. The molecule has 1 saturated heterocycles. The highest BCUT2D eigenvalue weighted by molar-refractivity contribution is 5.47. The molecule has 0 saturated carbocycles. The molecular weight excluding hydrogens is 362 g/mol. The Morgan fingerprint density at radius 1 is 0.759 bits per heavy atom. The molecule has 166 valence electrons. The minimum Gasteiger partial charge on any atom is -0.341 e. The van der Waals surface area contributed by atoms with Crippen LogP contribution in [0.15, 0.2) is 0 Å². The van der Waals surface area contributed by atoms with Crippen molar-refractivity contribution in [3.8, 4) is 0 Å². The van der Waals surface area contributed by atoms with Crippen molar-refractivity contribution in [1.82, 2.24) is 19.9 Å². The predicted molar refractivity (Wildman–Crippen MR) is 124 cm³/mol. The second kappa shape index (κ2) is 9.02. The van der Waals surface area contributed by atoms with Gasteiger partial charge in [-0.2, -0.15) is 15.0 Å². The van der Waals surface area contributed by atoms with Gasteiger partial charge < -0.3 is 14.7 Å². The first-order chi connectivity index (χ1) is 13.5. The highest BCUT2D eigenvalue weighted by Gasteiger charge is 2.44. The Kier molecular flexibility index (Phi) is 7.36. The maximum Gasteiger partial charge on any atom is 0.231 e. The molecule has 1 aromatic heterocycles. The van der Waals surface area contributed by atoms with Crippen molar-refractivity contribution in [3.05, 3.63) is 0 Å². The van der Waals surface area contributed by atoms with Gasteiger partial charge in [0.1, 0.15) is 0 Å². The summed E-state index contributed by atoms with van der Waals surface area (Å²) in [4.78, 5) is 23.8. The van der Waals surface area contributed by atoms with Crippen molar-refractivity contribution in [2.45, 2.75) is 85.4 Å². The molecule has 0 unspecified atom stereocenters. The lowest BCUT2D eigenvalue weighted by molar-refractivity contribution is -0.0121. The Bertz CT molecular complexity index is 617. The summed E-state index contributed by atoms with van der Waals surface area (Å²) in [6.45, 7) is 21.5. The minimum absolute atomic E-state index is 0.122. The van der Waals surface area contributed by atoms with E-state index in [2.05, 4.69) is 89.1 Å². The van der Waals surface area contributed by atoms with E-state index < -0.39 is 0 Å². The van der Waals surface area contributed by atoms with Gasteiger partial charge in [0.05, 0.1) is 0 Å². The maximum atomic E-state index is 4.91. The third kappa shape index (κ3) is 4.93. The monoisotopic (exact) mass is 405 g/mol. The van der Waals surface area contributed by atoms with Crippen LogP contribution in [-0.4, -0.2) is 77.2 Å². The smallest absolute Gasteiger partial charge is 0.231 e. The third-order valence-corrected chi connectivity index (χ3v) is 6.84. The lowest BCUT2D eigenvalue weighted by Gasteiger charge is -2.55. The molecule has 0 N–H and O–H groups in total. The largest absolute Gasteiger partial charge is 0.341 e. The molecule has 0 spiro atoms. The molecule has 0 aromatic carbocycles. The summed E-state index contributed by atoms with van der Waals surface area (Å²) in [5, 5.41) is 0.